The fourth-order valence-electron chi connectivity index (χ4n) is 1.76. The Bertz CT molecular complexity index is 640. The zero-order valence-electron chi connectivity index (χ0n) is 11.5. The van der Waals surface area contributed by atoms with Crippen molar-refractivity contribution in [3.05, 3.63) is 40.8 Å². The predicted octanol–water partition coefficient (Wildman–Crippen LogP) is 3.82. The fourth-order valence-corrected chi connectivity index (χ4v) is 2.56. The summed E-state index contributed by atoms with van der Waals surface area (Å²) in [6.45, 7) is 5.46. The molecule has 20 heavy (non-hydrogen) atoms. The monoisotopic (exact) mass is 294 g/mol. The van der Waals surface area contributed by atoms with E-state index >= 15 is 0 Å². The quantitative estimate of drug-likeness (QED) is 0.871. The van der Waals surface area contributed by atoms with Gasteiger partial charge in [-0.25, -0.2) is 9.18 Å². The Morgan fingerprint density at radius 2 is 2.20 bits per heavy atom. The third-order valence-electron chi connectivity index (χ3n) is 2.86. The molecule has 6 heteroatoms. The van der Waals surface area contributed by atoms with Crippen LogP contribution in [-0.2, 0) is 4.74 Å². The normalized spacial score (nSPS) is 10.4. The molecule has 106 valence electrons. The Labute approximate surface area is 120 Å². The van der Waals surface area contributed by atoms with Crippen LogP contribution in [0.15, 0.2) is 18.2 Å². The smallest absolute Gasteiger partial charge is 0.343 e. The number of esters is 1. The Morgan fingerprint density at radius 1 is 1.45 bits per heavy atom. The lowest BCUT2D eigenvalue weighted by molar-refractivity contribution is 0.0527. The molecular formula is C14H15FN2O2S. The average molecular weight is 294 g/mol. The van der Waals surface area contributed by atoms with Crippen molar-refractivity contribution in [2.75, 3.05) is 11.9 Å². The van der Waals surface area contributed by atoms with Crippen molar-refractivity contribution in [1.82, 2.24) is 4.37 Å². The molecule has 0 atom stereocenters. The highest BCUT2D eigenvalue weighted by atomic mass is 32.1. The molecule has 0 aliphatic heterocycles. The second-order valence-electron chi connectivity index (χ2n) is 4.23. The molecule has 1 N–H and O–H groups in total. The number of anilines is 2. The van der Waals surface area contributed by atoms with Gasteiger partial charge in [0.05, 0.1) is 12.3 Å². The number of nitrogens with one attached hydrogen (secondary N) is 1. The van der Waals surface area contributed by atoms with Gasteiger partial charge in [-0.3, -0.25) is 0 Å². The summed E-state index contributed by atoms with van der Waals surface area (Å²) < 4.78 is 22.7. The van der Waals surface area contributed by atoms with Gasteiger partial charge in [0.15, 0.2) is 0 Å². The van der Waals surface area contributed by atoms with Crippen LogP contribution in [-0.4, -0.2) is 16.9 Å². The zero-order chi connectivity index (χ0) is 14.7. The van der Waals surface area contributed by atoms with Crippen molar-refractivity contribution in [1.29, 1.82) is 0 Å². The molecule has 1 heterocycles. The number of aromatic nitrogens is 1. The molecule has 0 saturated heterocycles. The van der Waals surface area contributed by atoms with E-state index < -0.39 is 5.97 Å². The lowest BCUT2D eigenvalue weighted by Gasteiger charge is -2.10. The predicted molar refractivity (Wildman–Crippen MR) is 77.2 cm³/mol. The molecule has 0 fully saturated rings. The number of aryl methyl sites for hydroxylation is 1. The van der Waals surface area contributed by atoms with Crippen LogP contribution >= 0.6 is 11.5 Å². The van der Waals surface area contributed by atoms with Crippen LogP contribution in [0.4, 0.5) is 15.1 Å². The summed E-state index contributed by atoms with van der Waals surface area (Å²) in [5.74, 6) is -0.718. The lowest BCUT2D eigenvalue weighted by atomic mass is 10.2. The Morgan fingerprint density at radius 3 is 2.90 bits per heavy atom. The molecule has 0 unspecified atom stereocenters. The largest absolute Gasteiger partial charge is 0.462 e. The molecule has 0 amide bonds. The van der Waals surface area contributed by atoms with E-state index in [1.807, 2.05) is 0 Å². The topological polar surface area (TPSA) is 51.2 Å². The first-order valence-corrected chi connectivity index (χ1v) is 6.97. The van der Waals surface area contributed by atoms with E-state index in [0.717, 1.165) is 11.5 Å². The van der Waals surface area contributed by atoms with Gasteiger partial charge in [0.2, 0.25) is 0 Å². The van der Waals surface area contributed by atoms with Crippen LogP contribution in [0.25, 0.3) is 0 Å². The SMILES string of the molecule is CCOC(=O)c1c(C)nsc1Nc1cccc(F)c1C. The summed E-state index contributed by atoms with van der Waals surface area (Å²) in [6, 6.07) is 4.76. The van der Waals surface area contributed by atoms with Crippen molar-refractivity contribution < 1.29 is 13.9 Å². The van der Waals surface area contributed by atoms with Crippen LogP contribution in [0, 0.1) is 19.7 Å². The number of carbonyl (C=O) groups is 1. The third-order valence-corrected chi connectivity index (χ3v) is 3.71. The second-order valence-corrected chi connectivity index (χ2v) is 5.00. The van der Waals surface area contributed by atoms with Gasteiger partial charge in [-0.05, 0) is 44.4 Å². The van der Waals surface area contributed by atoms with Crippen molar-refractivity contribution in [2.45, 2.75) is 20.8 Å². The third kappa shape index (κ3) is 2.80. The molecule has 0 aliphatic rings. The fraction of sp³-hybridized carbons (Fsp3) is 0.286. The number of rotatable bonds is 4. The van der Waals surface area contributed by atoms with Crippen molar-refractivity contribution >= 4 is 28.2 Å². The summed E-state index contributed by atoms with van der Waals surface area (Å²) in [7, 11) is 0. The summed E-state index contributed by atoms with van der Waals surface area (Å²) in [6.07, 6.45) is 0. The lowest BCUT2D eigenvalue weighted by Crippen LogP contribution is -2.08. The van der Waals surface area contributed by atoms with Crippen LogP contribution < -0.4 is 5.32 Å². The van der Waals surface area contributed by atoms with E-state index in [0.29, 0.717) is 34.1 Å². The minimum Gasteiger partial charge on any atom is -0.462 e. The van der Waals surface area contributed by atoms with E-state index in [-0.39, 0.29) is 5.82 Å². The molecule has 0 radical (unpaired) electrons. The summed E-state index contributed by atoms with van der Waals surface area (Å²) in [4.78, 5) is 11.9. The number of hydrogen-bond acceptors (Lipinski definition) is 5. The molecule has 0 aliphatic carbocycles. The summed E-state index contributed by atoms with van der Waals surface area (Å²) in [5.41, 5.74) is 2.11. The number of ether oxygens (including phenoxy) is 1. The van der Waals surface area contributed by atoms with E-state index in [4.69, 9.17) is 4.74 Å². The Hall–Kier alpha value is -1.95. The van der Waals surface area contributed by atoms with E-state index in [1.165, 1.54) is 6.07 Å². The Balaban J connectivity index is 2.35. The molecular weight excluding hydrogens is 279 g/mol. The van der Waals surface area contributed by atoms with Gasteiger partial charge in [0.1, 0.15) is 16.4 Å². The van der Waals surface area contributed by atoms with E-state index in [2.05, 4.69) is 9.69 Å². The van der Waals surface area contributed by atoms with Crippen LogP contribution in [0.3, 0.4) is 0 Å². The second kappa shape index (κ2) is 6.00. The van der Waals surface area contributed by atoms with Gasteiger partial charge in [0, 0.05) is 11.3 Å². The maximum atomic E-state index is 13.5. The van der Waals surface area contributed by atoms with Gasteiger partial charge in [-0.2, -0.15) is 4.37 Å². The molecule has 0 bridgehead atoms. The first-order chi connectivity index (χ1) is 9.54. The zero-order valence-corrected chi connectivity index (χ0v) is 12.3. The first kappa shape index (κ1) is 14.5. The first-order valence-electron chi connectivity index (χ1n) is 6.20. The standard InChI is InChI=1S/C14H15FN2O2S/c1-4-19-14(18)12-9(3)17-20-13(12)16-11-7-5-6-10(15)8(11)2/h5-7,16H,4H2,1-3H3. The number of hydrogen-bond donors (Lipinski definition) is 1. The molecule has 2 aromatic rings. The molecule has 1 aromatic heterocycles. The van der Waals surface area contributed by atoms with Crippen LogP contribution in [0.2, 0.25) is 0 Å². The molecule has 0 saturated carbocycles. The highest BCUT2D eigenvalue weighted by Crippen LogP contribution is 2.30. The minimum atomic E-state index is -0.421. The average Bonchev–Trinajstić information content (AvgIpc) is 2.76. The van der Waals surface area contributed by atoms with Crippen molar-refractivity contribution in [3.63, 3.8) is 0 Å². The molecule has 1 aromatic carbocycles. The molecule has 0 spiro atoms. The molecule has 4 nitrogen and oxygen atoms in total. The van der Waals surface area contributed by atoms with Crippen LogP contribution in [0.1, 0.15) is 28.5 Å². The number of nitrogens with zero attached hydrogens (tertiary/aromatic N) is 1. The van der Waals surface area contributed by atoms with Gasteiger partial charge in [-0.15, -0.1) is 0 Å². The number of benzene rings is 1. The van der Waals surface area contributed by atoms with Gasteiger partial charge >= 0.3 is 5.97 Å². The summed E-state index contributed by atoms with van der Waals surface area (Å²) >= 11 is 1.16. The maximum Gasteiger partial charge on any atom is 0.343 e. The van der Waals surface area contributed by atoms with Gasteiger partial charge in [0.25, 0.3) is 0 Å². The van der Waals surface area contributed by atoms with Gasteiger partial charge < -0.3 is 10.1 Å². The minimum absolute atomic E-state index is 0.297. The maximum absolute atomic E-state index is 13.5. The summed E-state index contributed by atoms with van der Waals surface area (Å²) in [5, 5.41) is 3.62. The van der Waals surface area contributed by atoms with Crippen molar-refractivity contribution in [2.24, 2.45) is 0 Å². The number of carbonyl (C=O) groups excluding carboxylic acids is 1. The van der Waals surface area contributed by atoms with Gasteiger partial charge in [-0.1, -0.05) is 6.07 Å². The van der Waals surface area contributed by atoms with Crippen LogP contribution in [0.5, 0.6) is 0 Å². The van der Waals surface area contributed by atoms with E-state index in [9.17, 15) is 9.18 Å². The Kier molecular flexibility index (Phi) is 4.34. The highest BCUT2D eigenvalue weighted by Gasteiger charge is 2.20. The van der Waals surface area contributed by atoms with Crippen molar-refractivity contribution in [3.8, 4) is 0 Å². The highest BCUT2D eigenvalue weighted by molar-refractivity contribution is 7.10. The molecule has 2 rings (SSSR count). The van der Waals surface area contributed by atoms with E-state index in [1.54, 1.807) is 32.9 Å². The number of halogens is 1.